The molecule has 4 heterocycles. The fraction of sp³-hybridized carbons (Fsp3) is 0.560. The van der Waals surface area contributed by atoms with Crippen molar-refractivity contribution in [3.05, 3.63) is 36.0 Å². The zero-order chi connectivity index (χ0) is 24.0. The molecule has 3 aromatic rings. The Morgan fingerprint density at radius 2 is 1.91 bits per heavy atom. The van der Waals surface area contributed by atoms with E-state index in [-0.39, 0.29) is 0 Å². The predicted octanol–water partition coefficient (Wildman–Crippen LogP) is 4.84. The molecule has 2 fully saturated rings. The summed E-state index contributed by atoms with van der Waals surface area (Å²) in [7, 11) is 0. The zero-order valence-electron chi connectivity index (χ0n) is 20.5. The molecule has 186 valence electrons. The van der Waals surface area contributed by atoms with Crippen LogP contribution in [0.25, 0.3) is 10.6 Å². The molecule has 10 heteroatoms. The van der Waals surface area contributed by atoms with Crippen LogP contribution < -0.4 is 16.0 Å². The van der Waals surface area contributed by atoms with Gasteiger partial charge in [-0.15, -0.1) is 0 Å². The second-order valence-corrected chi connectivity index (χ2v) is 10.5. The van der Waals surface area contributed by atoms with E-state index in [2.05, 4.69) is 42.8 Å². The molecule has 0 radical (unpaired) electrons. The van der Waals surface area contributed by atoms with Crippen LogP contribution in [0.2, 0.25) is 0 Å². The highest BCUT2D eigenvalue weighted by Gasteiger charge is 2.22. The quantitative estimate of drug-likeness (QED) is 0.385. The summed E-state index contributed by atoms with van der Waals surface area (Å²) >= 11 is 1.54. The van der Waals surface area contributed by atoms with Crippen LogP contribution in [-0.2, 0) is 11.3 Å². The second kappa shape index (κ2) is 11.4. The van der Waals surface area contributed by atoms with E-state index >= 15 is 0 Å². The lowest BCUT2D eigenvalue weighted by molar-refractivity contribution is 0.0831. The number of hydrogen-bond acceptors (Lipinski definition) is 10. The second-order valence-electron chi connectivity index (χ2n) is 9.47. The van der Waals surface area contributed by atoms with Crippen molar-refractivity contribution >= 4 is 28.2 Å². The van der Waals surface area contributed by atoms with Gasteiger partial charge in [0.2, 0.25) is 5.95 Å². The Labute approximate surface area is 210 Å². The molecule has 0 spiro atoms. The van der Waals surface area contributed by atoms with Gasteiger partial charge in [0.1, 0.15) is 0 Å². The fourth-order valence-corrected chi connectivity index (χ4v) is 5.44. The summed E-state index contributed by atoms with van der Waals surface area (Å²) in [5.41, 5.74) is 2.73. The molecule has 3 aromatic heterocycles. The van der Waals surface area contributed by atoms with Crippen molar-refractivity contribution < 1.29 is 4.74 Å². The molecule has 2 aliphatic rings. The minimum atomic E-state index is 0.292. The molecule has 0 bridgehead atoms. The van der Waals surface area contributed by atoms with Gasteiger partial charge in [0.05, 0.1) is 34.8 Å². The Bertz CT molecular complexity index is 1090. The Hall–Kier alpha value is -2.69. The molecular formula is C25H34N8OS. The van der Waals surface area contributed by atoms with Gasteiger partial charge < -0.3 is 20.7 Å². The maximum atomic E-state index is 5.74. The highest BCUT2D eigenvalue weighted by atomic mass is 32.1. The van der Waals surface area contributed by atoms with Crippen molar-refractivity contribution in [3.63, 3.8) is 0 Å². The van der Waals surface area contributed by atoms with Crippen molar-refractivity contribution in [1.82, 2.24) is 30.2 Å². The third-order valence-corrected chi connectivity index (χ3v) is 7.55. The van der Waals surface area contributed by atoms with E-state index in [1.54, 1.807) is 23.7 Å². The van der Waals surface area contributed by atoms with E-state index in [1.807, 2.05) is 19.2 Å². The van der Waals surface area contributed by atoms with Gasteiger partial charge >= 0.3 is 0 Å². The van der Waals surface area contributed by atoms with Crippen LogP contribution in [0.15, 0.2) is 24.7 Å². The minimum absolute atomic E-state index is 0.292. The zero-order valence-corrected chi connectivity index (χ0v) is 21.3. The summed E-state index contributed by atoms with van der Waals surface area (Å²) in [5, 5.41) is 11.0. The maximum absolute atomic E-state index is 5.74. The van der Waals surface area contributed by atoms with E-state index in [4.69, 9.17) is 9.72 Å². The molecule has 5 rings (SSSR count). The molecule has 0 amide bonds. The number of thiazole rings is 1. The van der Waals surface area contributed by atoms with Gasteiger partial charge in [-0.1, -0.05) is 30.6 Å². The maximum Gasteiger partial charge on any atom is 0.223 e. The lowest BCUT2D eigenvalue weighted by Crippen LogP contribution is -2.36. The van der Waals surface area contributed by atoms with E-state index in [9.17, 15) is 0 Å². The van der Waals surface area contributed by atoms with Crippen LogP contribution >= 0.6 is 11.3 Å². The normalized spacial score (nSPS) is 19.5. The Balaban J connectivity index is 1.18. The van der Waals surface area contributed by atoms with Gasteiger partial charge in [-0.25, -0.2) is 19.9 Å². The molecule has 1 saturated carbocycles. The summed E-state index contributed by atoms with van der Waals surface area (Å²) in [5.74, 6) is 1.37. The van der Waals surface area contributed by atoms with E-state index in [0.717, 1.165) is 46.5 Å². The van der Waals surface area contributed by atoms with Crippen molar-refractivity contribution in [3.8, 4) is 10.6 Å². The van der Waals surface area contributed by atoms with E-state index < -0.39 is 0 Å². The average Bonchev–Trinajstić information content (AvgIpc) is 3.57. The number of hydrogen-bond donors (Lipinski definition) is 3. The first kappa shape index (κ1) is 24.0. The largest absolute Gasteiger partial charge is 0.377 e. The number of nitrogens with one attached hydrogen (secondary N) is 3. The Morgan fingerprint density at radius 3 is 2.69 bits per heavy atom. The van der Waals surface area contributed by atoms with Crippen LogP contribution in [0.5, 0.6) is 0 Å². The first-order valence-electron chi connectivity index (χ1n) is 12.6. The Kier molecular flexibility index (Phi) is 7.80. The van der Waals surface area contributed by atoms with Crippen molar-refractivity contribution in [2.45, 2.75) is 83.5 Å². The number of aryl methyl sites for hydroxylation is 1. The van der Waals surface area contributed by atoms with Gasteiger partial charge in [0, 0.05) is 37.1 Å². The third kappa shape index (κ3) is 6.50. The molecule has 2 unspecified atom stereocenters. The molecule has 2 atom stereocenters. The van der Waals surface area contributed by atoms with Gasteiger partial charge in [0.25, 0.3) is 0 Å². The summed E-state index contributed by atoms with van der Waals surface area (Å²) in [6, 6.07) is 2.77. The lowest BCUT2D eigenvalue weighted by Gasteiger charge is -2.22. The summed E-state index contributed by atoms with van der Waals surface area (Å²) in [4.78, 5) is 23.9. The molecule has 1 aliphatic heterocycles. The number of ether oxygens (including phenoxy) is 1. The van der Waals surface area contributed by atoms with Gasteiger partial charge in [0.15, 0.2) is 10.9 Å². The summed E-state index contributed by atoms with van der Waals surface area (Å²) in [6.45, 7) is 5.70. The number of aromatic nitrogens is 5. The average molecular weight is 495 g/mol. The first-order chi connectivity index (χ1) is 17.1. The lowest BCUT2D eigenvalue weighted by atomic mass is 9.96. The third-order valence-electron chi connectivity index (χ3n) is 6.62. The van der Waals surface area contributed by atoms with Gasteiger partial charge in [-0.3, -0.25) is 4.98 Å². The molecule has 0 aromatic carbocycles. The SMILES string of the molecule is Cc1cc(-c2cnc(Nc3cnc(CNC(C)C4CCCO4)cn3)s2)nc(NC2CCCCC2)n1. The molecular weight excluding hydrogens is 460 g/mol. The van der Waals surface area contributed by atoms with Gasteiger partial charge in [-0.05, 0) is 45.6 Å². The predicted molar refractivity (Wildman–Crippen MR) is 139 cm³/mol. The molecule has 9 nitrogen and oxygen atoms in total. The van der Waals surface area contributed by atoms with Crippen LogP contribution in [0.3, 0.4) is 0 Å². The highest BCUT2D eigenvalue weighted by Crippen LogP contribution is 2.30. The van der Waals surface area contributed by atoms with Crippen LogP contribution in [-0.4, -0.2) is 49.7 Å². The smallest absolute Gasteiger partial charge is 0.223 e. The summed E-state index contributed by atoms with van der Waals surface area (Å²) in [6.07, 6.45) is 14.2. The summed E-state index contributed by atoms with van der Waals surface area (Å²) < 4.78 is 5.74. The van der Waals surface area contributed by atoms with Gasteiger partial charge in [-0.2, -0.15) is 0 Å². The van der Waals surface area contributed by atoms with Crippen molar-refractivity contribution in [2.75, 3.05) is 17.2 Å². The van der Waals surface area contributed by atoms with E-state index in [0.29, 0.717) is 36.5 Å². The number of nitrogens with zero attached hydrogens (tertiary/aromatic N) is 5. The Morgan fingerprint density at radius 1 is 1.03 bits per heavy atom. The molecule has 1 aliphatic carbocycles. The van der Waals surface area contributed by atoms with Crippen LogP contribution in [0, 0.1) is 6.92 Å². The standard InChI is InChI=1S/C25H34N8OS/c1-16-11-20(32-24(30-16)31-18-7-4-3-5-8-18)22-14-29-25(35-22)33-23-15-27-19(13-28-23)12-26-17(2)21-9-6-10-34-21/h11,13-15,17-18,21,26H,3-10,12H2,1-2H3,(H,28,29,33)(H,30,31,32). The molecule has 35 heavy (non-hydrogen) atoms. The van der Waals surface area contributed by atoms with Crippen LogP contribution in [0.1, 0.15) is 63.3 Å². The van der Waals surface area contributed by atoms with Crippen LogP contribution in [0.4, 0.5) is 16.9 Å². The number of rotatable bonds is 9. The topological polar surface area (TPSA) is 110 Å². The first-order valence-corrected chi connectivity index (χ1v) is 13.5. The monoisotopic (exact) mass is 494 g/mol. The molecule has 3 N–H and O–H groups in total. The van der Waals surface area contributed by atoms with Crippen molar-refractivity contribution in [1.29, 1.82) is 0 Å². The van der Waals surface area contributed by atoms with Crippen molar-refractivity contribution in [2.24, 2.45) is 0 Å². The highest BCUT2D eigenvalue weighted by molar-refractivity contribution is 7.18. The number of anilines is 3. The van der Waals surface area contributed by atoms with E-state index in [1.165, 1.54) is 32.1 Å². The fourth-order valence-electron chi connectivity index (χ4n) is 4.65. The minimum Gasteiger partial charge on any atom is -0.377 e. The molecule has 1 saturated heterocycles.